The lowest BCUT2D eigenvalue weighted by Crippen LogP contribution is -2.44. The third kappa shape index (κ3) is 9.33. The van der Waals surface area contributed by atoms with Gasteiger partial charge >= 0.3 is 6.02 Å². The summed E-state index contributed by atoms with van der Waals surface area (Å²) < 4.78 is 11.1. The molecule has 3 rings (SSSR count). The smallest absolute Gasteiger partial charge is 0.316 e. The van der Waals surface area contributed by atoms with Crippen molar-refractivity contribution in [3.63, 3.8) is 0 Å². The third-order valence-electron chi connectivity index (χ3n) is 5.65. The number of rotatable bonds is 7. The Morgan fingerprint density at radius 3 is 2.33 bits per heavy atom. The summed E-state index contributed by atoms with van der Waals surface area (Å²) in [4.78, 5) is 13.1. The average molecular weight is 496 g/mol. The topological polar surface area (TPSA) is 105 Å². The van der Waals surface area contributed by atoms with Crippen LogP contribution >= 0.6 is 0 Å². The lowest BCUT2D eigenvalue weighted by Gasteiger charge is -2.31. The van der Waals surface area contributed by atoms with Gasteiger partial charge in [-0.25, -0.2) is 15.8 Å². The molecule has 9 nitrogen and oxygen atoms in total. The summed E-state index contributed by atoms with van der Waals surface area (Å²) in [6.07, 6.45) is 4.14. The minimum Gasteiger partial charge on any atom is -0.493 e. The molecule has 0 bridgehead atoms. The van der Waals surface area contributed by atoms with Crippen LogP contribution < -0.4 is 26.1 Å². The fourth-order valence-electron chi connectivity index (χ4n) is 3.40. The first-order chi connectivity index (χ1) is 17.4. The number of piperazine rings is 1. The maximum absolute atomic E-state index is 6.16. The highest BCUT2D eigenvalue weighted by atomic mass is 16.5. The van der Waals surface area contributed by atoms with Gasteiger partial charge in [-0.2, -0.15) is 0 Å². The van der Waals surface area contributed by atoms with Crippen LogP contribution in [-0.2, 0) is 0 Å². The van der Waals surface area contributed by atoms with Crippen LogP contribution in [0.25, 0.3) is 5.70 Å². The van der Waals surface area contributed by atoms with Crippen molar-refractivity contribution in [1.29, 1.82) is 0 Å². The number of benzene rings is 2. The lowest BCUT2D eigenvalue weighted by atomic mass is 10.2. The Morgan fingerprint density at radius 2 is 1.75 bits per heavy atom. The molecule has 0 unspecified atom stereocenters. The Hall–Kier alpha value is -3.40. The SMILES string of the molecule is CC/C=N\C(=NC)Oc1cc(N(N)/C=C(\N)c2ccccc2)ccc1OC.CCN1CCN(C)CC1. The number of aliphatic imine (C=N–C) groups is 2. The molecular weight excluding hydrogens is 454 g/mol. The largest absolute Gasteiger partial charge is 0.493 e. The Labute approximate surface area is 215 Å². The molecule has 36 heavy (non-hydrogen) atoms. The highest BCUT2D eigenvalue weighted by Gasteiger charge is 2.12. The van der Waals surface area contributed by atoms with Gasteiger partial charge in [0.1, 0.15) is 0 Å². The molecule has 0 amide bonds. The van der Waals surface area contributed by atoms with Crippen LogP contribution in [0.4, 0.5) is 5.69 Å². The summed E-state index contributed by atoms with van der Waals surface area (Å²) >= 11 is 0. The van der Waals surface area contributed by atoms with Gasteiger partial charge in [-0.15, -0.1) is 0 Å². The van der Waals surface area contributed by atoms with Gasteiger partial charge in [0.25, 0.3) is 0 Å². The van der Waals surface area contributed by atoms with E-state index in [4.69, 9.17) is 21.1 Å². The Morgan fingerprint density at radius 1 is 1.06 bits per heavy atom. The first-order valence-corrected chi connectivity index (χ1v) is 12.2. The van der Waals surface area contributed by atoms with Gasteiger partial charge in [-0.05, 0) is 37.7 Å². The van der Waals surface area contributed by atoms with Gasteiger partial charge in [0.15, 0.2) is 11.5 Å². The van der Waals surface area contributed by atoms with E-state index < -0.39 is 0 Å². The van der Waals surface area contributed by atoms with Crippen molar-refractivity contribution in [3.8, 4) is 11.5 Å². The number of hydrogen-bond acceptors (Lipinski definition) is 8. The normalized spacial score (nSPS) is 15.4. The van der Waals surface area contributed by atoms with E-state index >= 15 is 0 Å². The zero-order valence-corrected chi connectivity index (χ0v) is 22.2. The number of nitrogens with two attached hydrogens (primary N) is 2. The van der Waals surface area contributed by atoms with E-state index in [9.17, 15) is 0 Å². The van der Waals surface area contributed by atoms with Gasteiger partial charge in [0.05, 0.1) is 18.5 Å². The van der Waals surface area contributed by atoms with E-state index in [1.807, 2.05) is 37.3 Å². The first kappa shape index (κ1) is 28.8. The fraction of sp³-hybridized carbons (Fsp3) is 0.407. The van der Waals surface area contributed by atoms with Crippen molar-refractivity contribution in [3.05, 3.63) is 60.3 Å². The number of ether oxygens (including phenoxy) is 2. The molecule has 1 fully saturated rings. The molecule has 2 aromatic rings. The third-order valence-corrected chi connectivity index (χ3v) is 5.65. The van der Waals surface area contributed by atoms with Crippen LogP contribution in [0.3, 0.4) is 0 Å². The fourth-order valence-corrected chi connectivity index (χ4v) is 3.40. The van der Waals surface area contributed by atoms with E-state index in [0.717, 1.165) is 12.0 Å². The Kier molecular flexibility index (Phi) is 12.5. The molecular formula is C27H41N7O2. The number of hydrazine groups is 1. The lowest BCUT2D eigenvalue weighted by molar-refractivity contribution is 0.160. The highest BCUT2D eigenvalue weighted by Crippen LogP contribution is 2.32. The van der Waals surface area contributed by atoms with E-state index in [0.29, 0.717) is 22.9 Å². The number of amidine groups is 1. The van der Waals surface area contributed by atoms with Gasteiger partial charge < -0.3 is 25.0 Å². The molecule has 2 aromatic carbocycles. The van der Waals surface area contributed by atoms with Crippen LogP contribution in [0.5, 0.6) is 11.5 Å². The van der Waals surface area contributed by atoms with Crippen LogP contribution in [0.15, 0.2) is 64.7 Å². The molecule has 0 saturated carbocycles. The molecule has 0 aliphatic carbocycles. The van der Waals surface area contributed by atoms with Crippen molar-refractivity contribution >= 4 is 23.6 Å². The number of anilines is 1. The summed E-state index contributed by atoms with van der Waals surface area (Å²) in [6, 6.07) is 15.1. The van der Waals surface area contributed by atoms with Crippen LogP contribution in [0.1, 0.15) is 25.8 Å². The number of likely N-dealkylation sites (N-methyl/N-ethyl adjacent to an activating group) is 2. The molecule has 196 valence electrons. The maximum atomic E-state index is 6.16. The quantitative estimate of drug-likeness (QED) is 0.262. The molecule has 1 heterocycles. The zero-order chi connectivity index (χ0) is 26.3. The second-order valence-electron chi connectivity index (χ2n) is 8.26. The van der Waals surface area contributed by atoms with E-state index in [1.165, 1.54) is 37.7 Å². The molecule has 0 spiro atoms. The van der Waals surface area contributed by atoms with Crippen molar-refractivity contribution < 1.29 is 9.47 Å². The van der Waals surface area contributed by atoms with Crippen molar-refractivity contribution in [2.75, 3.05) is 58.9 Å². The predicted octanol–water partition coefficient (Wildman–Crippen LogP) is 3.43. The molecule has 4 N–H and O–H groups in total. The van der Waals surface area contributed by atoms with Crippen LogP contribution in [0, 0.1) is 0 Å². The minimum absolute atomic E-state index is 0.232. The molecule has 1 aliphatic rings. The molecule has 0 radical (unpaired) electrons. The summed E-state index contributed by atoms with van der Waals surface area (Å²) in [5.74, 6) is 7.15. The van der Waals surface area contributed by atoms with E-state index in [-0.39, 0.29) is 6.02 Å². The number of nitrogens with zero attached hydrogens (tertiary/aromatic N) is 5. The van der Waals surface area contributed by atoms with Crippen LogP contribution in [-0.4, -0.2) is 76.0 Å². The zero-order valence-electron chi connectivity index (χ0n) is 22.2. The van der Waals surface area contributed by atoms with Gasteiger partial charge in [0, 0.05) is 51.7 Å². The summed E-state index contributed by atoms with van der Waals surface area (Å²) in [6.45, 7) is 10.4. The first-order valence-electron chi connectivity index (χ1n) is 12.2. The minimum atomic E-state index is 0.232. The second-order valence-corrected chi connectivity index (χ2v) is 8.26. The maximum Gasteiger partial charge on any atom is 0.316 e. The monoisotopic (exact) mass is 495 g/mol. The Balaban J connectivity index is 0.000000425. The van der Waals surface area contributed by atoms with Gasteiger partial charge in [-0.3, -0.25) is 5.01 Å². The van der Waals surface area contributed by atoms with E-state index in [2.05, 4.69) is 33.8 Å². The summed E-state index contributed by atoms with van der Waals surface area (Å²) in [5, 5.41) is 1.42. The van der Waals surface area contributed by atoms with Gasteiger partial charge in [-0.1, -0.05) is 44.2 Å². The standard InChI is InChI=1S/C20H25N5O2.C7H16N2/c1-4-12-24-20(23-2)27-19-13-16(10-11-18(19)26-3)25(22)14-17(21)15-8-6-5-7-9-15;1-3-9-6-4-8(2)5-7-9/h5-14H,4,21-22H2,1-3H3;3-7H2,1-2H3/b17-14-,23-20?,24-12-;. The molecule has 0 atom stereocenters. The molecule has 1 saturated heterocycles. The summed E-state index contributed by atoms with van der Waals surface area (Å²) in [7, 11) is 5.36. The highest BCUT2D eigenvalue weighted by molar-refractivity contribution is 5.85. The molecule has 0 aromatic heterocycles. The number of methoxy groups -OCH3 is 1. The number of hydrogen-bond donors (Lipinski definition) is 2. The van der Waals surface area contributed by atoms with Crippen molar-refractivity contribution in [2.24, 2.45) is 21.6 Å². The Bertz CT molecular complexity index is 1000. The predicted molar refractivity (Wildman–Crippen MR) is 151 cm³/mol. The van der Waals surface area contributed by atoms with Crippen molar-refractivity contribution in [2.45, 2.75) is 20.3 Å². The van der Waals surface area contributed by atoms with Crippen molar-refractivity contribution in [1.82, 2.24) is 9.80 Å². The molecule has 9 heteroatoms. The average Bonchev–Trinajstić information content (AvgIpc) is 2.92. The van der Waals surface area contributed by atoms with Crippen LogP contribution in [0.2, 0.25) is 0 Å². The molecule has 1 aliphatic heterocycles. The summed E-state index contributed by atoms with van der Waals surface area (Å²) in [5.41, 5.74) is 8.22. The van der Waals surface area contributed by atoms with Gasteiger partial charge in [0.2, 0.25) is 0 Å². The van der Waals surface area contributed by atoms with E-state index in [1.54, 1.807) is 44.8 Å². The second kappa shape index (κ2) is 15.6.